The predicted molar refractivity (Wildman–Crippen MR) is 65.5 cm³/mol. The lowest BCUT2D eigenvalue weighted by atomic mass is 10.1. The number of fused-ring (bicyclic) bond motifs is 1. The van der Waals surface area contributed by atoms with E-state index in [9.17, 15) is 5.11 Å². The number of rotatable bonds is 1. The van der Waals surface area contributed by atoms with Crippen molar-refractivity contribution in [3.8, 4) is 17.0 Å². The van der Waals surface area contributed by atoms with Crippen LogP contribution in [0.3, 0.4) is 0 Å². The third kappa shape index (κ3) is 1.42. The first kappa shape index (κ1) is 9.72. The number of aromatic nitrogens is 1. The molecule has 0 saturated heterocycles. The van der Waals surface area contributed by atoms with Gasteiger partial charge in [-0.15, -0.1) is 0 Å². The Labute approximate surface area is 97.3 Å². The fourth-order valence-electron chi connectivity index (χ4n) is 1.85. The second-order valence-electron chi connectivity index (χ2n) is 3.77. The molecule has 0 atom stereocenters. The molecule has 1 aromatic heterocycles. The van der Waals surface area contributed by atoms with E-state index in [4.69, 9.17) is 10.3 Å². The van der Waals surface area contributed by atoms with E-state index in [1.807, 2.05) is 18.2 Å². The van der Waals surface area contributed by atoms with Gasteiger partial charge in [0, 0.05) is 5.56 Å². The van der Waals surface area contributed by atoms with Gasteiger partial charge in [-0.3, -0.25) is 0 Å². The molecular weight excluding hydrogens is 216 g/mol. The molecule has 0 fully saturated rings. The van der Waals surface area contributed by atoms with Gasteiger partial charge in [0.1, 0.15) is 11.4 Å². The van der Waals surface area contributed by atoms with Crippen LogP contribution in [0.2, 0.25) is 0 Å². The van der Waals surface area contributed by atoms with E-state index in [2.05, 4.69) is 5.16 Å². The Morgan fingerprint density at radius 3 is 2.71 bits per heavy atom. The number of benzene rings is 2. The fourth-order valence-corrected chi connectivity index (χ4v) is 1.85. The highest BCUT2D eigenvalue weighted by molar-refractivity contribution is 5.98. The second kappa shape index (κ2) is 3.52. The van der Waals surface area contributed by atoms with Crippen molar-refractivity contribution in [1.29, 1.82) is 0 Å². The second-order valence-corrected chi connectivity index (χ2v) is 3.77. The number of nitrogen functional groups attached to an aromatic ring is 1. The Kier molecular flexibility index (Phi) is 2.01. The molecule has 4 heteroatoms. The van der Waals surface area contributed by atoms with Crippen LogP contribution < -0.4 is 5.73 Å². The molecule has 0 spiro atoms. The number of anilines is 1. The Hall–Kier alpha value is -2.49. The first-order valence-electron chi connectivity index (χ1n) is 5.19. The molecule has 84 valence electrons. The van der Waals surface area contributed by atoms with Crippen molar-refractivity contribution in [3.05, 3.63) is 42.5 Å². The number of aromatic hydroxyl groups is 1. The van der Waals surface area contributed by atoms with Crippen molar-refractivity contribution < 1.29 is 9.63 Å². The molecule has 4 nitrogen and oxygen atoms in total. The molecular formula is C13H10N2O2. The summed E-state index contributed by atoms with van der Waals surface area (Å²) in [6.45, 7) is 0. The highest BCUT2D eigenvalue weighted by atomic mass is 16.5. The molecule has 0 aliphatic heterocycles. The predicted octanol–water partition coefficient (Wildman–Crippen LogP) is 2.78. The monoisotopic (exact) mass is 226 g/mol. The molecule has 0 unspecified atom stereocenters. The SMILES string of the molecule is Nc1cccc2c(-c3ccccc3O)noc12. The molecule has 3 aromatic rings. The number of nitrogens with two attached hydrogens (primary N) is 1. The van der Waals surface area contributed by atoms with Crippen LogP contribution in [-0.4, -0.2) is 10.3 Å². The molecule has 0 radical (unpaired) electrons. The van der Waals surface area contributed by atoms with Crippen LogP contribution in [0, 0.1) is 0 Å². The number of para-hydroxylation sites is 2. The molecule has 1 heterocycles. The average Bonchev–Trinajstić information content (AvgIpc) is 2.75. The zero-order valence-corrected chi connectivity index (χ0v) is 8.92. The van der Waals surface area contributed by atoms with E-state index in [0.717, 1.165) is 5.39 Å². The molecule has 3 rings (SSSR count). The van der Waals surface area contributed by atoms with Crippen LogP contribution in [0.25, 0.3) is 22.2 Å². The summed E-state index contributed by atoms with van der Waals surface area (Å²) in [5.41, 5.74) is 8.11. The van der Waals surface area contributed by atoms with Gasteiger partial charge >= 0.3 is 0 Å². The number of nitrogens with zero attached hydrogens (tertiary/aromatic N) is 1. The summed E-state index contributed by atoms with van der Waals surface area (Å²) in [7, 11) is 0. The summed E-state index contributed by atoms with van der Waals surface area (Å²) in [6, 6.07) is 12.4. The summed E-state index contributed by atoms with van der Waals surface area (Å²) in [4.78, 5) is 0. The normalized spacial score (nSPS) is 10.8. The molecule has 3 N–H and O–H groups in total. The molecule has 0 amide bonds. The summed E-state index contributed by atoms with van der Waals surface area (Å²) in [5.74, 6) is 0.171. The van der Waals surface area contributed by atoms with Gasteiger partial charge in [0.2, 0.25) is 0 Å². The van der Waals surface area contributed by atoms with Gasteiger partial charge in [0.15, 0.2) is 5.58 Å². The maximum Gasteiger partial charge on any atom is 0.190 e. The average molecular weight is 226 g/mol. The Balaban J connectivity index is 2.33. The minimum absolute atomic E-state index is 0.171. The Bertz CT molecular complexity index is 689. The van der Waals surface area contributed by atoms with E-state index in [1.54, 1.807) is 24.3 Å². The van der Waals surface area contributed by atoms with E-state index in [-0.39, 0.29) is 5.75 Å². The summed E-state index contributed by atoms with van der Waals surface area (Å²) < 4.78 is 5.20. The third-order valence-corrected chi connectivity index (χ3v) is 2.69. The highest BCUT2D eigenvalue weighted by Gasteiger charge is 2.14. The first-order valence-corrected chi connectivity index (χ1v) is 5.19. The molecule has 17 heavy (non-hydrogen) atoms. The van der Waals surface area contributed by atoms with Crippen LogP contribution in [0.1, 0.15) is 0 Å². The largest absolute Gasteiger partial charge is 0.507 e. The van der Waals surface area contributed by atoms with Gasteiger partial charge in [0.05, 0.1) is 11.1 Å². The maximum absolute atomic E-state index is 9.80. The van der Waals surface area contributed by atoms with Gasteiger partial charge in [-0.25, -0.2) is 0 Å². The zero-order valence-electron chi connectivity index (χ0n) is 8.92. The number of phenolic OH excluding ortho intramolecular Hbond substituents is 1. The summed E-state index contributed by atoms with van der Waals surface area (Å²) in [6.07, 6.45) is 0. The lowest BCUT2D eigenvalue weighted by Gasteiger charge is -2.00. The van der Waals surface area contributed by atoms with E-state index < -0.39 is 0 Å². The number of hydrogen-bond acceptors (Lipinski definition) is 4. The fraction of sp³-hybridized carbons (Fsp3) is 0. The topological polar surface area (TPSA) is 72.3 Å². The lowest BCUT2D eigenvalue weighted by molar-refractivity contribution is 0.456. The van der Waals surface area contributed by atoms with Gasteiger partial charge < -0.3 is 15.4 Å². The Morgan fingerprint density at radius 2 is 1.88 bits per heavy atom. The Morgan fingerprint density at radius 1 is 1.06 bits per heavy atom. The quantitative estimate of drug-likeness (QED) is 0.626. The van der Waals surface area contributed by atoms with Gasteiger partial charge in [-0.05, 0) is 24.3 Å². The van der Waals surface area contributed by atoms with Crippen LogP contribution in [0.15, 0.2) is 47.0 Å². The van der Waals surface area contributed by atoms with Crippen LogP contribution >= 0.6 is 0 Å². The van der Waals surface area contributed by atoms with Crippen molar-refractivity contribution in [1.82, 2.24) is 5.16 Å². The molecule has 0 aliphatic carbocycles. The van der Waals surface area contributed by atoms with E-state index >= 15 is 0 Å². The van der Waals surface area contributed by atoms with Crippen molar-refractivity contribution >= 4 is 16.7 Å². The maximum atomic E-state index is 9.80. The molecule has 2 aromatic carbocycles. The zero-order chi connectivity index (χ0) is 11.8. The molecule has 0 aliphatic rings. The van der Waals surface area contributed by atoms with Crippen LogP contribution in [-0.2, 0) is 0 Å². The summed E-state index contributed by atoms with van der Waals surface area (Å²) >= 11 is 0. The lowest BCUT2D eigenvalue weighted by Crippen LogP contribution is -1.84. The van der Waals surface area contributed by atoms with Crippen LogP contribution in [0.5, 0.6) is 5.75 Å². The van der Waals surface area contributed by atoms with E-state index in [1.165, 1.54) is 0 Å². The summed E-state index contributed by atoms with van der Waals surface area (Å²) in [5, 5.41) is 14.6. The third-order valence-electron chi connectivity index (χ3n) is 2.69. The minimum atomic E-state index is 0.171. The molecule has 0 saturated carbocycles. The van der Waals surface area contributed by atoms with E-state index in [0.29, 0.717) is 22.5 Å². The van der Waals surface area contributed by atoms with Crippen LogP contribution in [0.4, 0.5) is 5.69 Å². The highest BCUT2D eigenvalue weighted by Crippen LogP contribution is 2.34. The minimum Gasteiger partial charge on any atom is -0.507 e. The van der Waals surface area contributed by atoms with Crippen molar-refractivity contribution in [2.45, 2.75) is 0 Å². The van der Waals surface area contributed by atoms with Crippen molar-refractivity contribution in [3.63, 3.8) is 0 Å². The van der Waals surface area contributed by atoms with Gasteiger partial charge in [-0.1, -0.05) is 23.4 Å². The first-order chi connectivity index (χ1) is 8.27. The molecule has 0 bridgehead atoms. The van der Waals surface area contributed by atoms with Crippen molar-refractivity contribution in [2.24, 2.45) is 0 Å². The number of phenols is 1. The smallest absolute Gasteiger partial charge is 0.190 e. The van der Waals surface area contributed by atoms with Crippen molar-refractivity contribution in [2.75, 3.05) is 5.73 Å². The van der Waals surface area contributed by atoms with Gasteiger partial charge in [0.25, 0.3) is 0 Å². The number of hydrogen-bond donors (Lipinski definition) is 2. The standard InChI is InChI=1S/C13H10N2O2/c14-10-6-3-5-9-12(15-17-13(9)10)8-4-1-2-7-11(8)16/h1-7,16H,14H2. The van der Waals surface area contributed by atoms with Gasteiger partial charge in [-0.2, -0.15) is 0 Å².